The molecule has 2 saturated heterocycles. The van der Waals surface area contributed by atoms with E-state index in [1.165, 1.54) is 0 Å². The predicted molar refractivity (Wildman–Crippen MR) is 104 cm³/mol. The van der Waals surface area contributed by atoms with Crippen molar-refractivity contribution in [1.29, 1.82) is 0 Å². The Hall–Kier alpha value is -2.38. The number of carbonyl (C=O) groups is 2. The molecule has 1 N–H and O–H groups in total. The van der Waals surface area contributed by atoms with Crippen molar-refractivity contribution in [3.63, 3.8) is 0 Å². The van der Waals surface area contributed by atoms with E-state index in [4.69, 9.17) is 11.6 Å². The van der Waals surface area contributed by atoms with Crippen molar-refractivity contribution >= 4 is 23.4 Å². The first-order chi connectivity index (χ1) is 13.4. The number of rotatable bonds is 2. The second kappa shape index (κ2) is 7.22. The molecule has 7 nitrogen and oxygen atoms in total. The van der Waals surface area contributed by atoms with Crippen LogP contribution in [0.3, 0.4) is 0 Å². The van der Waals surface area contributed by atoms with Gasteiger partial charge in [-0.2, -0.15) is 5.10 Å². The number of carbonyl (C=O) groups excluding carboxylic acids is 2. The number of piperidine rings is 2. The van der Waals surface area contributed by atoms with E-state index in [2.05, 4.69) is 5.10 Å². The van der Waals surface area contributed by atoms with Crippen LogP contribution in [0, 0.1) is 5.41 Å². The number of amides is 2. The molecule has 28 heavy (non-hydrogen) atoms. The molecule has 1 spiro atoms. The lowest BCUT2D eigenvalue weighted by Crippen LogP contribution is -2.56. The van der Waals surface area contributed by atoms with Crippen molar-refractivity contribution in [2.45, 2.75) is 25.4 Å². The molecule has 1 aromatic carbocycles. The first-order valence-electron chi connectivity index (χ1n) is 9.42. The van der Waals surface area contributed by atoms with E-state index in [1.807, 2.05) is 12.1 Å². The molecule has 1 aromatic heterocycles. The fraction of sp³-hybridized carbons (Fsp3) is 0.450. The molecule has 3 heterocycles. The smallest absolute Gasteiger partial charge is 0.255 e. The highest BCUT2D eigenvalue weighted by atomic mass is 35.5. The number of nitrogens with zero attached hydrogens (tertiary/aromatic N) is 4. The van der Waals surface area contributed by atoms with Gasteiger partial charge in [0.1, 0.15) is 0 Å². The number of β-amino-alcohol motifs (C(OH)–C–C–N with tert-alkyl or cyclic N) is 1. The van der Waals surface area contributed by atoms with Gasteiger partial charge in [-0.05, 0) is 43.5 Å². The van der Waals surface area contributed by atoms with Crippen molar-refractivity contribution in [3.05, 3.63) is 47.2 Å². The molecule has 0 radical (unpaired) electrons. The fourth-order valence-electron chi connectivity index (χ4n) is 4.37. The van der Waals surface area contributed by atoms with Crippen LogP contribution in [0.1, 0.15) is 29.6 Å². The van der Waals surface area contributed by atoms with Crippen molar-refractivity contribution in [3.8, 4) is 5.69 Å². The van der Waals surface area contributed by atoms with Crippen LogP contribution in [0.4, 0.5) is 0 Å². The second-order valence-corrected chi connectivity index (χ2v) is 8.14. The highest BCUT2D eigenvalue weighted by Crippen LogP contribution is 2.41. The minimum absolute atomic E-state index is 0.0728. The Morgan fingerprint density at radius 1 is 1.32 bits per heavy atom. The second-order valence-electron chi connectivity index (χ2n) is 7.73. The molecule has 0 saturated carbocycles. The third-order valence-corrected chi connectivity index (χ3v) is 6.20. The Labute approximate surface area is 168 Å². The van der Waals surface area contributed by atoms with Gasteiger partial charge in [0.2, 0.25) is 5.91 Å². The van der Waals surface area contributed by atoms with Gasteiger partial charge in [-0.3, -0.25) is 9.59 Å². The lowest BCUT2D eigenvalue weighted by Gasteiger charge is -2.47. The summed E-state index contributed by atoms with van der Waals surface area (Å²) in [5.74, 6) is -0.0744. The average molecular weight is 403 g/mol. The van der Waals surface area contributed by atoms with Crippen molar-refractivity contribution in [2.75, 3.05) is 26.7 Å². The number of halogens is 1. The van der Waals surface area contributed by atoms with Gasteiger partial charge < -0.3 is 14.9 Å². The summed E-state index contributed by atoms with van der Waals surface area (Å²) in [7, 11) is 1.73. The number of aromatic nitrogens is 2. The van der Waals surface area contributed by atoms with Gasteiger partial charge in [-0.1, -0.05) is 11.6 Å². The van der Waals surface area contributed by atoms with Gasteiger partial charge in [0.05, 0.1) is 27.8 Å². The fourth-order valence-corrected chi connectivity index (χ4v) is 4.57. The summed E-state index contributed by atoms with van der Waals surface area (Å²) in [6.45, 7) is 1.31. The monoisotopic (exact) mass is 402 g/mol. The van der Waals surface area contributed by atoms with Crippen LogP contribution in [0.5, 0.6) is 0 Å². The molecule has 2 aliphatic heterocycles. The molecule has 8 heteroatoms. The van der Waals surface area contributed by atoms with E-state index in [0.29, 0.717) is 49.5 Å². The summed E-state index contributed by atoms with van der Waals surface area (Å²) in [6, 6.07) is 7.07. The molecule has 148 valence electrons. The maximum atomic E-state index is 13.1. The standard InChI is InChI=1S/C20H23ClN4O3/c1-23-13-15(26)12-20(19(23)28)5-9-24(10-6-20)18(27)16-11-14(3-4-17(16)21)25-8-2-7-22-25/h2-4,7-8,11,15,26H,5-6,9-10,12-13H2,1H3. The largest absolute Gasteiger partial charge is 0.391 e. The van der Waals surface area contributed by atoms with E-state index in [0.717, 1.165) is 5.69 Å². The zero-order chi connectivity index (χ0) is 19.9. The molecule has 2 amide bonds. The number of aliphatic hydroxyl groups excluding tert-OH is 1. The SMILES string of the molecule is CN1CC(O)CC2(CCN(C(=O)c3cc(-n4cccn4)ccc3Cl)CC2)C1=O. The minimum Gasteiger partial charge on any atom is -0.391 e. The summed E-state index contributed by atoms with van der Waals surface area (Å²) in [5.41, 5.74) is 0.625. The van der Waals surface area contributed by atoms with E-state index < -0.39 is 11.5 Å². The quantitative estimate of drug-likeness (QED) is 0.833. The van der Waals surface area contributed by atoms with Crippen LogP contribution in [0.15, 0.2) is 36.7 Å². The maximum absolute atomic E-state index is 13.1. The number of likely N-dealkylation sites (tertiary alicyclic amines) is 2. The van der Waals surface area contributed by atoms with Crippen LogP contribution in [0.2, 0.25) is 5.02 Å². The zero-order valence-corrected chi connectivity index (χ0v) is 16.5. The Bertz CT molecular complexity index is 891. The highest BCUT2D eigenvalue weighted by molar-refractivity contribution is 6.33. The van der Waals surface area contributed by atoms with Gasteiger partial charge in [-0.25, -0.2) is 4.68 Å². The lowest BCUT2D eigenvalue weighted by molar-refractivity contribution is -0.154. The van der Waals surface area contributed by atoms with Crippen molar-refractivity contribution < 1.29 is 14.7 Å². The van der Waals surface area contributed by atoms with Crippen molar-refractivity contribution in [2.24, 2.45) is 5.41 Å². The molecule has 2 fully saturated rings. The van der Waals surface area contributed by atoms with Crippen LogP contribution < -0.4 is 0 Å². The first-order valence-corrected chi connectivity index (χ1v) is 9.80. The minimum atomic E-state index is -0.566. The summed E-state index contributed by atoms with van der Waals surface area (Å²) in [4.78, 5) is 29.1. The molecule has 1 atom stereocenters. The van der Waals surface area contributed by atoms with E-state index in [-0.39, 0.29) is 11.8 Å². The number of aliphatic hydroxyl groups is 1. The van der Waals surface area contributed by atoms with E-state index in [1.54, 1.807) is 46.1 Å². The predicted octanol–water partition coefficient (Wildman–Crippen LogP) is 1.97. The third kappa shape index (κ3) is 3.29. The number of hydrogen-bond acceptors (Lipinski definition) is 4. The Morgan fingerprint density at radius 3 is 2.75 bits per heavy atom. The lowest BCUT2D eigenvalue weighted by atomic mass is 9.71. The number of hydrogen-bond donors (Lipinski definition) is 1. The van der Waals surface area contributed by atoms with Crippen LogP contribution in [0.25, 0.3) is 5.69 Å². The zero-order valence-electron chi connectivity index (χ0n) is 15.7. The van der Waals surface area contributed by atoms with Gasteiger partial charge in [-0.15, -0.1) is 0 Å². The molecule has 2 aromatic rings. The number of likely N-dealkylation sites (N-methyl/N-ethyl adjacent to an activating group) is 1. The van der Waals surface area contributed by atoms with Crippen LogP contribution in [-0.2, 0) is 4.79 Å². The summed E-state index contributed by atoms with van der Waals surface area (Å²) in [6.07, 6.45) is 4.54. The van der Waals surface area contributed by atoms with E-state index in [9.17, 15) is 14.7 Å². The number of benzene rings is 1. The van der Waals surface area contributed by atoms with Gasteiger partial charge in [0, 0.05) is 39.1 Å². The average Bonchev–Trinajstić information content (AvgIpc) is 3.21. The molecular formula is C20H23ClN4O3. The van der Waals surface area contributed by atoms with Gasteiger partial charge >= 0.3 is 0 Å². The Kier molecular flexibility index (Phi) is 4.89. The first kappa shape index (κ1) is 19.0. The maximum Gasteiger partial charge on any atom is 0.255 e. The summed E-state index contributed by atoms with van der Waals surface area (Å²) >= 11 is 6.30. The third-order valence-electron chi connectivity index (χ3n) is 5.87. The Morgan fingerprint density at radius 2 is 2.07 bits per heavy atom. The molecule has 0 aliphatic carbocycles. The highest BCUT2D eigenvalue weighted by Gasteiger charge is 2.48. The van der Waals surface area contributed by atoms with Crippen molar-refractivity contribution in [1.82, 2.24) is 19.6 Å². The normalized spacial score (nSPS) is 22.0. The topological polar surface area (TPSA) is 78.7 Å². The summed E-state index contributed by atoms with van der Waals surface area (Å²) in [5, 5.41) is 14.7. The van der Waals surface area contributed by atoms with Gasteiger partial charge in [0.15, 0.2) is 0 Å². The van der Waals surface area contributed by atoms with E-state index >= 15 is 0 Å². The van der Waals surface area contributed by atoms with Crippen LogP contribution >= 0.6 is 11.6 Å². The molecule has 1 unspecified atom stereocenters. The molecule has 0 bridgehead atoms. The molecular weight excluding hydrogens is 380 g/mol. The van der Waals surface area contributed by atoms with Crippen LogP contribution in [-0.4, -0.2) is 69.3 Å². The van der Waals surface area contributed by atoms with Gasteiger partial charge in [0.25, 0.3) is 5.91 Å². The Balaban J connectivity index is 1.52. The summed E-state index contributed by atoms with van der Waals surface area (Å²) < 4.78 is 1.68. The molecule has 2 aliphatic rings. The molecule has 4 rings (SSSR count).